The number of piperidine rings is 1. The standard InChI is InChI=1S/C26H32FN5O.C11H16N2.C11H23NO5/c1-17-9-18(5-7-30-17)13-29-14-20-16-32(21-3-4-21)24-11-25(23(27)10-22(24)26(20)33)31-8-6-19(15-31)12-28-2;1-10-5-6-11(9-12-10)13-7-3-2-4-8-13;12-2-5-15-7-9-17-11-10-16-8-6-14-4-1-3-13/h5,7,9-11,16,19,21,28-29H,3-4,6,8,12-15H2,1-2H3;5-6,9H,2-4,7-8H2,1H3;3H,1-2,4-12H2/t19-;;/m1../s1. The van der Waals surface area contributed by atoms with E-state index in [9.17, 15) is 9.59 Å². The lowest BCUT2D eigenvalue weighted by molar-refractivity contribution is -0.109. The van der Waals surface area contributed by atoms with Gasteiger partial charge in [-0.3, -0.25) is 14.8 Å². The number of nitrogens with zero attached hydrogens (tertiary/aromatic N) is 5. The summed E-state index contributed by atoms with van der Waals surface area (Å²) in [4.78, 5) is 36.3. The van der Waals surface area contributed by atoms with Crippen molar-refractivity contribution in [3.05, 3.63) is 93.5 Å². The Morgan fingerprint density at radius 2 is 1.54 bits per heavy atom. The maximum Gasteiger partial charge on any atom is 0.193 e. The second kappa shape index (κ2) is 27.8. The van der Waals surface area contributed by atoms with Crippen LogP contribution in [0.25, 0.3) is 10.9 Å². The number of anilines is 2. The summed E-state index contributed by atoms with van der Waals surface area (Å²) in [6.07, 6.45) is 14.3. The molecule has 3 fully saturated rings. The SMILES string of the molecule is CNC[C@H]1CCN(c2cc3c(cc2F)c(=O)c(CNCc2ccnc(C)c2)cn3C2CC2)C1.Cc1ccc(N2CCCCC2)cn1.NCCOCCOCCOCCOCCC=O. The van der Waals surface area contributed by atoms with Gasteiger partial charge in [0.2, 0.25) is 0 Å². The molecule has 3 aromatic heterocycles. The molecule has 0 radical (unpaired) electrons. The molecule has 1 aromatic carbocycles. The van der Waals surface area contributed by atoms with E-state index in [2.05, 4.69) is 47.1 Å². The zero-order valence-electron chi connectivity index (χ0n) is 37.8. The number of pyridine rings is 3. The molecule has 7 rings (SSSR count). The Balaban J connectivity index is 0.000000208. The number of halogens is 1. The van der Waals surface area contributed by atoms with Gasteiger partial charge in [-0.15, -0.1) is 0 Å². The van der Waals surface area contributed by atoms with Crippen molar-refractivity contribution in [2.45, 2.75) is 77.9 Å². The highest BCUT2D eigenvalue weighted by Gasteiger charge is 2.28. The summed E-state index contributed by atoms with van der Waals surface area (Å²) in [6, 6.07) is 12.0. The van der Waals surface area contributed by atoms with Gasteiger partial charge < -0.3 is 54.5 Å². The Kier molecular flexibility index (Phi) is 21.9. The number of aromatic nitrogens is 3. The summed E-state index contributed by atoms with van der Waals surface area (Å²) in [5.74, 6) is 0.220. The van der Waals surface area contributed by atoms with Gasteiger partial charge in [0.15, 0.2) is 5.43 Å². The van der Waals surface area contributed by atoms with E-state index in [-0.39, 0.29) is 11.2 Å². The molecule has 0 unspecified atom stereocenters. The molecule has 2 saturated heterocycles. The zero-order chi connectivity index (χ0) is 44.7. The van der Waals surface area contributed by atoms with Crippen LogP contribution in [0.4, 0.5) is 15.8 Å². The first-order valence-corrected chi connectivity index (χ1v) is 22.8. The van der Waals surface area contributed by atoms with Crippen molar-refractivity contribution in [2.75, 3.05) is 109 Å². The molecule has 4 aromatic rings. The number of hydrogen-bond donors (Lipinski definition) is 3. The van der Waals surface area contributed by atoms with Crippen LogP contribution >= 0.6 is 0 Å². The van der Waals surface area contributed by atoms with E-state index in [0.717, 1.165) is 67.7 Å². The zero-order valence-corrected chi connectivity index (χ0v) is 37.8. The van der Waals surface area contributed by atoms with Gasteiger partial charge in [0, 0.05) is 93.0 Å². The maximum absolute atomic E-state index is 15.2. The molecule has 5 heterocycles. The van der Waals surface area contributed by atoms with Gasteiger partial charge in [-0.1, -0.05) is 0 Å². The van der Waals surface area contributed by atoms with Gasteiger partial charge in [-0.25, -0.2) is 4.39 Å². The fraction of sp³-hybridized carbons (Fsp3) is 0.583. The van der Waals surface area contributed by atoms with Gasteiger partial charge in [-0.2, -0.15) is 0 Å². The average molecular weight is 875 g/mol. The Hall–Kier alpha value is -4.35. The number of nitrogens with two attached hydrogens (primary N) is 1. The van der Waals surface area contributed by atoms with E-state index in [4.69, 9.17) is 24.7 Å². The lowest BCUT2D eigenvalue weighted by Crippen LogP contribution is -2.29. The van der Waals surface area contributed by atoms with Crippen LogP contribution in [0.5, 0.6) is 0 Å². The predicted octanol–water partition coefficient (Wildman–Crippen LogP) is 5.50. The number of fused-ring (bicyclic) bond motifs is 1. The highest BCUT2D eigenvalue weighted by Crippen LogP contribution is 2.38. The van der Waals surface area contributed by atoms with Crippen LogP contribution < -0.4 is 31.6 Å². The first-order valence-electron chi connectivity index (χ1n) is 22.8. The number of nitrogens with one attached hydrogen (secondary N) is 2. The van der Waals surface area contributed by atoms with Crippen molar-refractivity contribution in [1.82, 2.24) is 25.2 Å². The number of aryl methyl sites for hydroxylation is 2. The highest BCUT2D eigenvalue weighted by atomic mass is 19.1. The van der Waals surface area contributed by atoms with Crippen molar-refractivity contribution in [3.8, 4) is 0 Å². The molecule has 1 aliphatic carbocycles. The van der Waals surface area contributed by atoms with E-state index in [1.807, 2.05) is 51.5 Å². The van der Waals surface area contributed by atoms with Crippen LogP contribution in [0.1, 0.15) is 73.5 Å². The van der Waals surface area contributed by atoms with Crippen molar-refractivity contribution >= 4 is 28.6 Å². The number of aldehydes is 1. The Morgan fingerprint density at radius 3 is 2.17 bits per heavy atom. The second-order valence-electron chi connectivity index (χ2n) is 16.4. The molecule has 0 bridgehead atoms. The molecule has 2 aliphatic heterocycles. The molecular formula is C48H71FN8O6. The highest BCUT2D eigenvalue weighted by molar-refractivity contribution is 5.84. The third kappa shape index (κ3) is 16.9. The molecule has 1 saturated carbocycles. The van der Waals surface area contributed by atoms with Crippen molar-refractivity contribution in [2.24, 2.45) is 11.7 Å². The van der Waals surface area contributed by atoms with Gasteiger partial charge >= 0.3 is 0 Å². The molecule has 1 atom stereocenters. The summed E-state index contributed by atoms with van der Waals surface area (Å²) >= 11 is 0. The largest absolute Gasteiger partial charge is 0.379 e. The Labute approximate surface area is 373 Å². The van der Waals surface area contributed by atoms with Gasteiger partial charge in [-0.05, 0) is 114 Å². The molecule has 0 amide bonds. The predicted molar refractivity (Wildman–Crippen MR) is 248 cm³/mol. The van der Waals surface area contributed by atoms with E-state index in [1.165, 1.54) is 44.1 Å². The van der Waals surface area contributed by atoms with E-state index < -0.39 is 0 Å². The summed E-state index contributed by atoms with van der Waals surface area (Å²) in [6.45, 7) is 14.9. The molecule has 3 aliphatic rings. The minimum absolute atomic E-state index is 0.0831. The molecule has 63 heavy (non-hydrogen) atoms. The molecule has 346 valence electrons. The maximum atomic E-state index is 15.2. The summed E-state index contributed by atoms with van der Waals surface area (Å²) in [5.41, 5.74) is 11.8. The molecular weight excluding hydrogens is 804 g/mol. The Morgan fingerprint density at radius 1 is 0.825 bits per heavy atom. The minimum atomic E-state index is -0.301. The van der Waals surface area contributed by atoms with Crippen LogP contribution in [-0.4, -0.2) is 120 Å². The van der Waals surface area contributed by atoms with Gasteiger partial charge in [0.05, 0.1) is 75.9 Å². The van der Waals surface area contributed by atoms with E-state index >= 15 is 4.39 Å². The Bertz CT molecular complexity index is 1990. The first kappa shape index (κ1) is 49.7. The minimum Gasteiger partial charge on any atom is -0.379 e. The number of carbonyl (C=O) groups excluding carboxylic acids is 1. The third-order valence-corrected chi connectivity index (χ3v) is 11.2. The molecule has 15 heteroatoms. The lowest BCUT2D eigenvalue weighted by Gasteiger charge is -2.28. The van der Waals surface area contributed by atoms with Crippen LogP contribution in [0, 0.1) is 25.6 Å². The molecule has 14 nitrogen and oxygen atoms in total. The lowest BCUT2D eigenvalue weighted by atomic mass is 10.1. The first-order chi connectivity index (χ1) is 30.8. The number of ether oxygens (including phenoxy) is 4. The second-order valence-corrected chi connectivity index (χ2v) is 16.4. The van der Waals surface area contributed by atoms with Crippen LogP contribution in [0.3, 0.4) is 0 Å². The summed E-state index contributed by atoms with van der Waals surface area (Å²) in [7, 11) is 1.96. The quantitative estimate of drug-likeness (QED) is 0.0635. The third-order valence-electron chi connectivity index (χ3n) is 11.2. The van der Waals surface area contributed by atoms with Crippen LogP contribution in [-0.2, 0) is 36.8 Å². The van der Waals surface area contributed by atoms with Crippen molar-refractivity contribution in [1.29, 1.82) is 0 Å². The van der Waals surface area contributed by atoms with Crippen molar-refractivity contribution in [3.63, 3.8) is 0 Å². The van der Waals surface area contributed by atoms with Crippen molar-refractivity contribution < 1.29 is 28.1 Å². The fourth-order valence-electron chi connectivity index (χ4n) is 7.78. The van der Waals surface area contributed by atoms with E-state index in [0.29, 0.717) is 108 Å². The number of benzene rings is 1. The fourth-order valence-corrected chi connectivity index (χ4v) is 7.78. The molecule has 0 spiro atoms. The topological polar surface area (TPSA) is 158 Å². The average Bonchev–Trinajstić information content (AvgIpc) is 4.04. The van der Waals surface area contributed by atoms with Crippen LogP contribution in [0.15, 0.2) is 59.8 Å². The normalized spacial score (nSPS) is 16.1. The smallest absolute Gasteiger partial charge is 0.193 e. The number of rotatable bonds is 23. The summed E-state index contributed by atoms with van der Waals surface area (Å²) in [5, 5.41) is 7.08. The number of hydrogen-bond acceptors (Lipinski definition) is 13. The van der Waals surface area contributed by atoms with Gasteiger partial charge in [0.1, 0.15) is 12.1 Å². The summed E-state index contributed by atoms with van der Waals surface area (Å²) < 4.78 is 38.2. The van der Waals surface area contributed by atoms with Crippen LogP contribution in [0.2, 0.25) is 0 Å². The molecule has 4 N–H and O–H groups in total. The van der Waals surface area contributed by atoms with E-state index in [1.54, 1.807) is 6.20 Å². The van der Waals surface area contributed by atoms with Gasteiger partial charge in [0.25, 0.3) is 0 Å². The number of carbonyl (C=O) groups is 1. The monoisotopic (exact) mass is 875 g/mol.